The Labute approximate surface area is 103 Å². The predicted molar refractivity (Wildman–Crippen MR) is 71.9 cm³/mol. The van der Waals surface area contributed by atoms with Crippen LogP contribution in [0.25, 0.3) is 0 Å². The van der Waals surface area contributed by atoms with Crippen molar-refractivity contribution < 1.29 is 0 Å². The molecular weight excluding hydrogens is 216 g/mol. The highest BCUT2D eigenvalue weighted by Crippen LogP contribution is 2.16. The molecule has 96 valence electrons. The van der Waals surface area contributed by atoms with Gasteiger partial charge >= 0.3 is 0 Å². The van der Waals surface area contributed by atoms with Gasteiger partial charge in [-0.2, -0.15) is 15.0 Å². The highest BCUT2D eigenvalue weighted by molar-refractivity contribution is 5.44. The first-order valence-corrected chi connectivity index (χ1v) is 5.83. The molecule has 0 saturated heterocycles. The largest absolute Gasteiger partial charge is 0.357 e. The topological polar surface area (TPSA) is 57.2 Å². The van der Waals surface area contributed by atoms with Crippen LogP contribution >= 0.6 is 0 Å². The second kappa shape index (κ2) is 5.65. The Bertz CT molecular complexity index is 365. The van der Waals surface area contributed by atoms with Gasteiger partial charge in [0.15, 0.2) is 0 Å². The molecule has 0 spiro atoms. The molecule has 0 bridgehead atoms. The van der Waals surface area contributed by atoms with Gasteiger partial charge in [0.2, 0.25) is 17.8 Å². The normalized spacial score (nSPS) is 12.1. The van der Waals surface area contributed by atoms with Crippen LogP contribution in [0.3, 0.4) is 0 Å². The molecule has 1 atom stereocenters. The van der Waals surface area contributed by atoms with Gasteiger partial charge in [0.25, 0.3) is 0 Å². The number of anilines is 3. The van der Waals surface area contributed by atoms with E-state index in [-0.39, 0.29) is 0 Å². The van der Waals surface area contributed by atoms with Crippen LogP contribution in [0.5, 0.6) is 0 Å². The van der Waals surface area contributed by atoms with E-state index in [1.807, 2.05) is 33.1 Å². The van der Waals surface area contributed by atoms with E-state index in [2.05, 4.69) is 39.0 Å². The molecule has 6 nitrogen and oxygen atoms in total. The average Bonchev–Trinajstić information content (AvgIpc) is 2.36. The number of aromatic nitrogens is 3. The van der Waals surface area contributed by atoms with E-state index >= 15 is 0 Å². The molecule has 0 aliphatic rings. The summed E-state index contributed by atoms with van der Waals surface area (Å²) >= 11 is 0. The Morgan fingerprint density at radius 3 is 2.18 bits per heavy atom. The molecule has 0 radical (unpaired) electrons. The molecule has 1 heterocycles. The predicted octanol–water partition coefficient (Wildman–Crippen LogP) is 1.21. The SMILES string of the molecule is CCC(C)N(C)c1nc(NC)nc(N(C)C)n1. The van der Waals surface area contributed by atoms with E-state index in [1.165, 1.54) is 0 Å². The lowest BCUT2D eigenvalue weighted by atomic mass is 10.2. The summed E-state index contributed by atoms with van der Waals surface area (Å²) in [6.07, 6.45) is 1.05. The maximum Gasteiger partial charge on any atom is 0.231 e. The van der Waals surface area contributed by atoms with E-state index < -0.39 is 0 Å². The number of nitrogens with one attached hydrogen (secondary N) is 1. The fourth-order valence-electron chi connectivity index (χ4n) is 1.29. The highest BCUT2D eigenvalue weighted by Gasteiger charge is 2.14. The fourth-order valence-corrected chi connectivity index (χ4v) is 1.29. The molecule has 0 aromatic carbocycles. The van der Waals surface area contributed by atoms with Gasteiger partial charge in [-0.05, 0) is 13.3 Å². The van der Waals surface area contributed by atoms with Crippen molar-refractivity contribution >= 4 is 17.8 Å². The molecule has 0 amide bonds. The number of hydrogen-bond donors (Lipinski definition) is 1. The van der Waals surface area contributed by atoms with Crippen LogP contribution in [0.15, 0.2) is 0 Å². The molecule has 0 aliphatic heterocycles. The van der Waals surface area contributed by atoms with Gasteiger partial charge in [-0.1, -0.05) is 6.92 Å². The molecule has 1 rings (SSSR count). The lowest BCUT2D eigenvalue weighted by molar-refractivity contribution is 0.646. The fraction of sp³-hybridized carbons (Fsp3) is 0.727. The smallest absolute Gasteiger partial charge is 0.231 e. The maximum atomic E-state index is 4.44. The molecule has 0 aliphatic carbocycles. The van der Waals surface area contributed by atoms with Gasteiger partial charge in [-0.25, -0.2) is 0 Å². The Hall–Kier alpha value is -1.59. The second-order valence-corrected chi connectivity index (χ2v) is 4.27. The number of rotatable bonds is 5. The van der Waals surface area contributed by atoms with Gasteiger partial charge in [0.05, 0.1) is 0 Å². The minimum Gasteiger partial charge on any atom is -0.357 e. The number of nitrogens with zero attached hydrogens (tertiary/aromatic N) is 5. The zero-order valence-corrected chi connectivity index (χ0v) is 11.5. The standard InChI is InChI=1S/C11H22N6/c1-7-8(2)17(6)11-14-9(12-3)13-10(15-11)16(4)5/h8H,7H2,1-6H3,(H,12,13,14,15). The average molecular weight is 238 g/mol. The summed E-state index contributed by atoms with van der Waals surface area (Å²) in [4.78, 5) is 17.0. The van der Waals surface area contributed by atoms with Crippen LogP contribution in [0.1, 0.15) is 20.3 Å². The molecule has 0 fully saturated rings. The van der Waals surface area contributed by atoms with Crippen LogP contribution in [0.4, 0.5) is 17.8 Å². The molecule has 1 N–H and O–H groups in total. The van der Waals surface area contributed by atoms with Gasteiger partial charge in [0.1, 0.15) is 0 Å². The van der Waals surface area contributed by atoms with E-state index in [0.717, 1.165) is 6.42 Å². The summed E-state index contributed by atoms with van der Waals surface area (Å²) in [6.45, 7) is 4.30. The maximum absolute atomic E-state index is 4.44. The molecular formula is C11H22N6. The molecule has 1 unspecified atom stereocenters. The molecule has 1 aromatic rings. The minimum atomic E-state index is 0.400. The summed E-state index contributed by atoms with van der Waals surface area (Å²) in [5.74, 6) is 1.95. The summed E-state index contributed by atoms with van der Waals surface area (Å²) in [6, 6.07) is 0.400. The van der Waals surface area contributed by atoms with Crippen molar-refractivity contribution in [1.82, 2.24) is 15.0 Å². The third-order valence-corrected chi connectivity index (χ3v) is 2.80. The minimum absolute atomic E-state index is 0.400. The second-order valence-electron chi connectivity index (χ2n) is 4.27. The van der Waals surface area contributed by atoms with E-state index in [9.17, 15) is 0 Å². The van der Waals surface area contributed by atoms with Crippen molar-refractivity contribution in [1.29, 1.82) is 0 Å². The van der Waals surface area contributed by atoms with Crippen molar-refractivity contribution in [3.63, 3.8) is 0 Å². The van der Waals surface area contributed by atoms with E-state index in [4.69, 9.17) is 0 Å². The van der Waals surface area contributed by atoms with Crippen LogP contribution in [-0.4, -0.2) is 49.2 Å². The monoisotopic (exact) mass is 238 g/mol. The Morgan fingerprint density at radius 2 is 1.71 bits per heavy atom. The van der Waals surface area contributed by atoms with Crippen LogP contribution < -0.4 is 15.1 Å². The third kappa shape index (κ3) is 3.18. The van der Waals surface area contributed by atoms with Crippen LogP contribution in [-0.2, 0) is 0 Å². The van der Waals surface area contributed by atoms with Gasteiger partial charge in [-0.3, -0.25) is 0 Å². The van der Waals surface area contributed by atoms with Crippen LogP contribution in [0, 0.1) is 0 Å². The van der Waals surface area contributed by atoms with Crippen molar-refractivity contribution in [3.05, 3.63) is 0 Å². The first-order chi connectivity index (χ1) is 7.99. The van der Waals surface area contributed by atoms with E-state index in [0.29, 0.717) is 23.9 Å². The molecule has 1 aromatic heterocycles. The van der Waals surface area contributed by atoms with Gasteiger partial charge < -0.3 is 15.1 Å². The Balaban J connectivity index is 3.10. The molecule has 17 heavy (non-hydrogen) atoms. The van der Waals surface area contributed by atoms with Gasteiger partial charge in [0, 0.05) is 34.2 Å². The third-order valence-electron chi connectivity index (χ3n) is 2.80. The zero-order valence-electron chi connectivity index (χ0n) is 11.5. The quantitative estimate of drug-likeness (QED) is 0.832. The summed E-state index contributed by atoms with van der Waals surface area (Å²) in [5.41, 5.74) is 0. The summed E-state index contributed by atoms with van der Waals surface area (Å²) in [7, 11) is 7.65. The first kappa shape index (κ1) is 13.5. The Morgan fingerprint density at radius 1 is 1.12 bits per heavy atom. The number of hydrogen-bond acceptors (Lipinski definition) is 6. The zero-order chi connectivity index (χ0) is 13.0. The molecule has 0 saturated carbocycles. The van der Waals surface area contributed by atoms with Crippen molar-refractivity contribution in [2.24, 2.45) is 0 Å². The van der Waals surface area contributed by atoms with Crippen molar-refractivity contribution in [2.45, 2.75) is 26.3 Å². The van der Waals surface area contributed by atoms with Crippen molar-refractivity contribution in [3.8, 4) is 0 Å². The molecule has 6 heteroatoms. The van der Waals surface area contributed by atoms with Crippen LogP contribution in [0.2, 0.25) is 0 Å². The Kier molecular flexibility index (Phi) is 4.48. The van der Waals surface area contributed by atoms with Crippen molar-refractivity contribution in [2.75, 3.05) is 43.3 Å². The van der Waals surface area contributed by atoms with Gasteiger partial charge in [-0.15, -0.1) is 0 Å². The lowest BCUT2D eigenvalue weighted by Crippen LogP contribution is -2.30. The highest BCUT2D eigenvalue weighted by atomic mass is 15.3. The van der Waals surface area contributed by atoms with E-state index in [1.54, 1.807) is 0 Å². The lowest BCUT2D eigenvalue weighted by Gasteiger charge is -2.24. The summed E-state index contributed by atoms with van der Waals surface area (Å²) < 4.78 is 0. The summed E-state index contributed by atoms with van der Waals surface area (Å²) in [5, 5.41) is 2.96. The first-order valence-electron chi connectivity index (χ1n) is 5.83.